The van der Waals surface area contributed by atoms with E-state index < -0.39 is 0 Å². The highest BCUT2D eigenvalue weighted by Crippen LogP contribution is 2.40. The Hall–Kier alpha value is -7.28. The van der Waals surface area contributed by atoms with Gasteiger partial charge in [-0.25, -0.2) is 19.9 Å². The standard InChI is InChI=1S/C50H30N4OS/c1-3-14-31(15-4-1)43-45(53-49-47(51-43)39-24-7-9-26-41(39)55-49)37-22-12-20-35(29-37)33-18-11-19-34(28-33)36-21-13-23-38(30-36)46-44(32-16-5-2-6-17-32)52-48-40-25-8-10-27-42(40)56-50(48)54-46/h1-30H. The molecule has 0 bridgehead atoms. The van der Waals surface area contributed by atoms with E-state index >= 15 is 0 Å². The highest BCUT2D eigenvalue weighted by molar-refractivity contribution is 7.25. The average molecular weight is 735 g/mol. The molecule has 7 aromatic carbocycles. The second kappa shape index (κ2) is 13.2. The van der Waals surface area contributed by atoms with Crippen LogP contribution in [0, 0.1) is 0 Å². The van der Waals surface area contributed by atoms with E-state index in [0.29, 0.717) is 5.71 Å². The monoisotopic (exact) mass is 734 g/mol. The molecule has 6 heteroatoms. The van der Waals surface area contributed by atoms with Crippen molar-refractivity contribution in [3.8, 4) is 67.3 Å². The quantitative estimate of drug-likeness (QED) is 0.170. The van der Waals surface area contributed by atoms with Gasteiger partial charge >= 0.3 is 0 Å². The zero-order chi connectivity index (χ0) is 37.0. The number of para-hydroxylation sites is 1. The summed E-state index contributed by atoms with van der Waals surface area (Å²) in [5.41, 5.74) is 14.8. The van der Waals surface area contributed by atoms with E-state index in [1.807, 2.05) is 48.5 Å². The van der Waals surface area contributed by atoms with Gasteiger partial charge < -0.3 is 4.42 Å². The number of hydrogen-bond acceptors (Lipinski definition) is 6. The maximum atomic E-state index is 6.21. The first kappa shape index (κ1) is 32.2. The van der Waals surface area contributed by atoms with Crippen molar-refractivity contribution >= 4 is 54.0 Å². The maximum Gasteiger partial charge on any atom is 0.246 e. The first-order chi connectivity index (χ1) is 27.7. The predicted molar refractivity (Wildman–Crippen MR) is 230 cm³/mol. The summed E-state index contributed by atoms with van der Waals surface area (Å²) in [6, 6.07) is 62.9. The first-order valence-corrected chi connectivity index (χ1v) is 19.4. The van der Waals surface area contributed by atoms with E-state index in [4.69, 9.17) is 24.4 Å². The van der Waals surface area contributed by atoms with Crippen molar-refractivity contribution in [3.05, 3.63) is 182 Å². The molecular weight excluding hydrogens is 705 g/mol. The molecule has 0 spiro atoms. The van der Waals surface area contributed by atoms with Crippen LogP contribution in [0.1, 0.15) is 0 Å². The number of thiophene rings is 1. The van der Waals surface area contributed by atoms with Crippen LogP contribution in [0.15, 0.2) is 186 Å². The van der Waals surface area contributed by atoms with E-state index in [2.05, 4.69) is 133 Å². The fourth-order valence-corrected chi connectivity index (χ4v) is 8.63. The molecular formula is C50H30N4OS. The van der Waals surface area contributed by atoms with E-state index in [0.717, 1.165) is 99.5 Å². The molecule has 0 saturated carbocycles. The van der Waals surface area contributed by atoms with Gasteiger partial charge in [0.05, 0.1) is 17.1 Å². The number of fused-ring (bicyclic) bond motifs is 6. The Bertz CT molecular complexity index is 3040. The molecule has 0 atom stereocenters. The molecule has 0 fully saturated rings. The number of nitrogens with zero attached hydrogens (tertiary/aromatic N) is 4. The van der Waals surface area contributed by atoms with Gasteiger partial charge in [-0.1, -0.05) is 146 Å². The Morgan fingerprint density at radius 3 is 1.41 bits per heavy atom. The molecule has 0 aliphatic carbocycles. The van der Waals surface area contributed by atoms with Crippen LogP contribution in [-0.2, 0) is 0 Å². The van der Waals surface area contributed by atoms with Crippen molar-refractivity contribution in [2.24, 2.45) is 0 Å². The van der Waals surface area contributed by atoms with Gasteiger partial charge in [-0.3, -0.25) is 0 Å². The van der Waals surface area contributed by atoms with E-state index in [9.17, 15) is 0 Å². The first-order valence-electron chi connectivity index (χ1n) is 18.5. The van der Waals surface area contributed by atoms with Crippen molar-refractivity contribution < 1.29 is 4.42 Å². The number of furan rings is 1. The van der Waals surface area contributed by atoms with Crippen LogP contribution in [-0.4, -0.2) is 19.9 Å². The zero-order valence-electron chi connectivity index (χ0n) is 29.9. The smallest absolute Gasteiger partial charge is 0.246 e. The summed E-state index contributed by atoms with van der Waals surface area (Å²) in [6.07, 6.45) is 0. The average Bonchev–Trinajstić information content (AvgIpc) is 3.83. The lowest BCUT2D eigenvalue weighted by atomic mass is 9.95. The van der Waals surface area contributed by atoms with Crippen LogP contribution >= 0.6 is 11.3 Å². The minimum Gasteiger partial charge on any atom is -0.436 e. The third-order valence-electron chi connectivity index (χ3n) is 10.3. The minimum absolute atomic E-state index is 0.528. The molecule has 0 aliphatic rings. The van der Waals surface area contributed by atoms with Gasteiger partial charge in [-0.15, -0.1) is 11.3 Å². The number of hydrogen-bond donors (Lipinski definition) is 0. The molecule has 11 rings (SSSR count). The molecule has 11 aromatic rings. The van der Waals surface area contributed by atoms with Gasteiger partial charge in [0.25, 0.3) is 0 Å². The van der Waals surface area contributed by atoms with Crippen LogP contribution in [0.2, 0.25) is 0 Å². The molecule has 5 nitrogen and oxygen atoms in total. The molecule has 0 radical (unpaired) electrons. The van der Waals surface area contributed by atoms with Crippen molar-refractivity contribution in [1.29, 1.82) is 0 Å². The Labute approximate surface area is 326 Å². The lowest BCUT2D eigenvalue weighted by Gasteiger charge is -2.12. The van der Waals surface area contributed by atoms with Crippen LogP contribution in [0.3, 0.4) is 0 Å². The molecule has 0 unspecified atom stereocenters. The van der Waals surface area contributed by atoms with Crippen molar-refractivity contribution in [2.45, 2.75) is 0 Å². The molecule has 0 N–H and O–H groups in total. The van der Waals surface area contributed by atoms with Crippen molar-refractivity contribution in [2.75, 3.05) is 0 Å². The third-order valence-corrected chi connectivity index (χ3v) is 11.4. The van der Waals surface area contributed by atoms with Gasteiger partial charge in [0.2, 0.25) is 5.71 Å². The molecule has 262 valence electrons. The lowest BCUT2D eigenvalue weighted by Crippen LogP contribution is -1.95. The molecule has 4 aromatic heterocycles. The summed E-state index contributed by atoms with van der Waals surface area (Å²) >= 11 is 1.69. The van der Waals surface area contributed by atoms with E-state index in [1.165, 1.54) is 4.70 Å². The Morgan fingerprint density at radius 2 is 0.786 bits per heavy atom. The minimum atomic E-state index is 0.528. The SMILES string of the molecule is c1ccc(-c2nc3c(nc2-c2cccc(-c4cccc(-c5cccc(-c6nc7sc8ccccc8c7nc6-c6ccccc6)c5)c4)c2)oc2ccccc23)cc1. The van der Waals surface area contributed by atoms with Gasteiger partial charge in [-0.05, 0) is 58.7 Å². The number of rotatable bonds is 6. The number of aromatic nitrogens is 4. The maximum absolute atomic E-state index is 6.21. The third kappa shape index (κ3) is 5.54. The lowest BCUT2D eigenvalue weighted by molar-refractivity contribution is 0.653. The van der Waals surface area contributed by atoms with Crippen molar-refractivity contribution in [3.63, 3.8) is 0 Å². The Balaban J connectivity index is 1.00. The summed E-state index contributed by atoms with van der Waals surface area (Å²) in [4.78, 5) is 21.8. The highest BCUT2D eigenvalue weighted by Gasteiger charge is 2.20. The molecule has 0 saturated heterocycles. The fraction of sp³-hybridized carbons (Fsp3) is 0. The molecule has 4 heterocycles. The summed E-state index contributed by atoms with van der Waals surface area (Å²) < 4.78 is 7.40. The normalized spacial score (nSPS) is 11.6. The number of benzene rings is 7. The van der Waals surface area contributed by atoms with E-state index in [1.54, 1.807) is 11.3 Å². The second-order valence-corrected chi connectivity index (χ2v) is 14.9. The van der Waals surface area contributed by atoms with Crippen LogP contribution < -0.4 is 0 Å². The van der Waals surface area contributed by atoms with Gasteiger partial charge in [0.1, 0.15) is 27.1 Å². The van der Waals surface area contributed by atoms with Crippen LogP contribution in [0.5, 0.6) is 0 Å². The predicted octanol–water partition coefficient (Wildman–Crippen LogP) is 13.5. The highest BCUT2D eigenvalue weighted by atomic mass is 32.1. The van der Waals surface area contributed by atoms with Gasteiger partial charge in [0, 0.05) is 37.7 Å². The summed E-state index contributed by atoms with van der Waals surface area (Å²) in [5.74, 6) is 0. The molecule has 0 amide bonds. The van der Waals surface area contributed by atoms with Crippen LogP contribution in [0.25, 0.3) is 110 Å². The van der Waals surface area contributed by atoms with Gasteiger partial charge in [0.15, 0.2) is 0 Å². The largest absolute Gasteiger partial charge is 0.436 e. The summed E-state index contributed by atoms with van der Waals surface area (Å²) in [7, 11) is 0. The van der Waals surface area contributed by atoms with Crippen LogP contribution in [0.4, 0.5) is 0 Å². The van der Waals surface area contributed by atoms with Gasteiger partial charge in [-0.2, -0.15) is 0 Å². The molecule has 0 aliphatic heterocycles. The Kier molecular flexibility index (Phi) is 7.60. The second-order valence-electron chi connectivity index (χ2n) is 13.8. The molecule has 56 heavy (non-hydrogen) atoms. The van der Waals surface area contributed by atoms with Crippen molar-refractivity contribution in [1.82, 2.24) is 19.9 Å². The fourth-order valence-electron chi connectivity index (χ4n) is 7.61. The Morgan fingerprint density at radius 1 is 0.339 bits per heavy atom. The topological polar surface area (TPSA) is 64.7 Å². The summed E-state index contributed by atoms with van der Waals surface area (Å²) in [6.45, 7) is 0. The zero-order valence-corrected chi connectivity index (χ0v) is 30.7. The van der Waals surface area contributed by atoms with E-state index in [-0.39, 0.29) is 0 Å². The summed E-state index contributed by atoms with van der Waals surface area (Å²) in [5, 5.41) is 2.09.